The minimum Gasteiger partial charge on any atom is -0.493 e. The van der Waals surface area contributed by atoms with E-state index < -0.39 is 0 Å². The van der Waals surface area contributed by atoms with Gasteiger partial charge in [-0.25, -0.2) is 0 Å². The Morgan fingerprint density at radius 1 is 1.00 bits per heavy atom. The predicted molar refractivity (Wildman–Crippen MR) is 89.2 cm³/mol. The van der Waals surface area contributed by atoms with E-state index >= 15 is 0 Å². The molecule has 4 heteroatoms. The summed E-state index contributed by atoms with van der Waals surface area (Å²) in [4.78, 5) is 0. The minimum absolute atomic E-state index is 0.731. The molecule has 2 aromatic carbocycles. The molecule has 106 valence electrons. The molecule has 0 bridgehead atoms. The van der Waals surface area contributed by atoms with Crippen molar-refractivity contribution in [2.24, 2.45) is 0 Å². The summed E-state index contributed by atoms with van der Waals surface area (Å²) in [7, 11) is 1.66. The second-order valence-electron chi connectivity index (χ2n) is 4.33. The number of halogens is 2. The monoisotopic (exact) mass is 398 g/mol. The first-order chi connectivity index (χ1) is 9.67. The SMILES string of the molecule is CCc1ccc(Oc2ccc(Br)cc2CBr)c(OC)c1. The highest BCUT2D eigenvalue weighted by molar-refractivity contribution is 9.10. The van der Waals surface area contributed by atoms with Crippen LogP contribution >= 0.6 is 31.9 Å². The summed E-state index contributed by atoms with van der Waals surface area (Å²) in [6.07, 6.45) is 0.974. The quantitative estimate of drug-likeness (QED) is 0.599. The summed E-state index contributed by atoms with van der Waals surface area (Å²) in [5, 5.41) is 0.733. The first-order valence-electron chi connectivity index (χ1n) is 6.37. The number of hydrogen-bond donors (Lipinski definition) is 0. The van der Waals surface area contributed by atoms with Crippen LogP contribution in [-0.4, -0.2) is 7.11 Å². The molecule has 0 aliphatic carbocycles. The molecule has 0 N–H and O–H groups in total. The van der Waals surface area contributed by atoms with Gasteiger partial charge in [-0.1, -0.05) is 44.8 Å². The molecule has 0 amide bonds. The number of rotatable bonds is 5. The average Bonchev–Trinajstić information content (AvgIpc) is 2.49. The molecule has 2 aromatic rings. The maximum absolute atomic E-state index is 6.00. The zero-order valence-electron chi connectivity index (χ0n) is 11.5. The summed E-state index contributed by atoms with van der Waals surface area (Å²) in [5.41, 5.74) is 2.31. The van der Waals surface area contributed by atoms with Crippen LogP contribution < -0.4 is 9.47 Å². The molecule has 0 saturated carbocycles. The summed E-state index contributed by atoms with van der Waals surface area (Å²) in [6, 6.07) is 12.0. The van der Waals surface area contributed by atoms with Crippen LogP contribution in [0.1, 0.15) is 18.1 Å². The van der Waals surface area contributed by atoms with Crippen molar-refractivity contribution in [3.8, 4) is 17.2 Å². The van der Waals surface area contributed by atoms with Gasteiger partial charge in [0.05, 0.1) is 7.11 Å². The molecule has 2 nitrogen and oxygen atoms in total. The van der Waals surface area contributed by atoms with Crippen molar-refractivity contribution in [1.29, 1.82) is 0 Å². The van der Waals surface area contributed by atoms with E-state index in [9.17, 15) is 0 Å². The van der Waals surface area contributed by atoms with Gasteiger partial charge in [-0.05, 0) is 42.3 Å². The summed E-state index contributed by atoms with van der Waals surface area (Å²) in [5.74, 6) is 2.31. The molecule has 0 aliphatic rings. The second-order valence-corrected chi connectivity index (χ2v) is 5.80. The number of ether oxygens (including phenoxy) is 2. The molecule has 0 aromatic heterocycles. The number of aryl methyl sites for hydroxylation is 1. The Kier molecular flexibility index (Phi) is 5.49. The van der Waals surface area contributed by atoms with Gasteiger partial charge in [0.15, 0.2) is 11.5 Å². The van der Waals surface area contributed by atoms with E-state index in [0.717, 1.165) is 39.0 Å². The molecule has 0 aliphatic heterocycles. The molecule has 0 fully saturated rings. The number of hydrogen-bond acceptors (Lipinski definition) is 2. The molecule has 0 atom stereocenters. The van der Waals surface area contributed by atoms with Gasteiger partial charge in [0.1, 0.15) is 5.75 Å². The van der Waals surface area contributed by atoms with Gasteiger partial charge < -0.3 is 9.47 Å². The van der Waals surface area contributed by atoms with Gasteiger partial charge in [-0.15, -0.1) is 0 Å². The van der Waals surface area contributed by atoms with Crippen LogP contribution in [0, 0.1) is 0 Å². The largest absolute Gasteiger partial charge is 0.493 e. The predicted octanol–water partition coefficient (Wildman–Crippen LogP) is 5.71. The van der Waals surface area contributed by atoms with E-state index in [-0.39, 0.29) is 0 Å². The fourth-order valence-corrected chi connectivity index (χ4v) is 2.73. The Morgan fingerprint density at radius 3 is 2.40 bits per heavy atom. The van der Waals surface area contributed by atoms with Gasteiger partial charge in [-0.3, -0.25) is 0 Å². The third-order valence-electron chi connectivity index (χ3n) is 3.02. The van der Waals surface area contributed by atoms with E-state index in [0.29, 0.717) is 0 Å². The molecule has 0 spiro atoms. The maximum atomic E-state index is 6.00. The van der Waals surface area contributed by atoms with E-state index in [2.05, 4.69) is 44.8 Å². The zero-order valence-corrected chi connectivity index (χ0v) is 14.6. The lowest BCUT2D eigenvalue weighted by Crippen LogP contribution is -1.94. The fourth-order valence-electron chi connectivity index (χ4n) is 1.89. The van der Waals surface area contributed by atoms with Crippen molar-refractivity contribution in [3.05, 3.63) is 52.0 Å². The Labute approximate surface area is 136 Å². The van der Waals surface area contributed by atoms with Crippen molar-refractivity contribution in [1.82, 2.24) is 0 Å². The molecular weight excluding hydrogens is 384 g/mol. The molecule has 0 heterocycles. The van der Waals surface area contributed by atoms with Crippen molar-refractivity contribution in [2.75, 3.05) is 7.11 Å². The van der Waals surface area contributed by atoms with Gasteiger partial charge in [0, 0.05) is 15.4 Å². The third kappa shape index (κ3) is 3.55. The number of benzene rings is 2. The highest BCUT2D eigenvalue weighted by Crippen LogP contribution is 2.35. The van der Waals surface area contributed by atoms with Crippen molar-refractivity contribution in [2.45, 2.75) is 18.7 Å². The Bertz CT molecular complexity index is 597. The van der Waals surface area contributed by atoms with Crippen molar-refractivity contribution >= 4 is 31.9 Å². The standard InChI is InChI=1S/C16H16Br2O2/c1-3-11-4-6-15(16(8-11)19-2)20-14-7-5-13(18)9-12(14)10-17/h4-9H,3,10H2,1-2H3. The van der Waals surface area contributed by atoms with Gasteiger partial charge in [0.2, 0.25) is 0 Å². The van der Waals surface area contributed by atoms with E-state index in [1.165, 1.54) is 5.56 Å². The topological polar surface area (TPSA) is 18.5 Å². The number of alkyl halides is 1. The summed E-state index contributed by atoms with van der Waals surface area (Å²) in [6.45, 7) is 2.12. The normalized spacial score (nSPS) is 10.4. The molecule has 0 radical (unpaired) electrons. The Balaban J connectivity index is 2.34. The van der Waals surface area contributed by atoms with Crippen molar-refractivity contribution < 1.29 is 9.47 Å². The molecular formula is C16H16Br2O2. The van der Waals surface area contributed by atoms with E-state index in [4.69, 9.17) is 9.47 Å². The fraction of sp³-hybridized carbons (Fsp3) is 0.250. The first kappa shape index (κ1) is 15.4. The molecule has 0 unspecified atom stereocenters. The van der Waals surface area contributed by atoms with Gasteiger partial charge in [-0.2, -0.15) is 0 Å². The summed E-state index contributed by atoms with van der Waals surface area (Å²) >= 11 is 6.95. The lowest BCUT2D eigenvalue weighted by atomic mass is 10.1. The van der Waals surface area contributed by atoms with Crippen molar-refractivity contribution in [3.63, 3.8) is 0 Å². The number of methoxy groups -OCH3 is 1. The smallest absolute Gasteiger partial charge is 0.169 e. The third-order valence-corrected chi connectivity index (χ3v) is 4.12. The van der Waals surface area contributed by atoms with Crippen LogP contribution in [0.25, 0.3) is 0 Å². The Morgan fingerprint density at radius 2 is 1.75 bits per heavy atom. The van der Waals surface area contributed by atoms with Crippen LogP contribution in [0.3, 0.4) is 0 Å². The molecule has 2 rings (SSSR count). The highest BCUT2D eigenvalue weighted by Gasteiger charge is 2.10. The van der Waals surface area contributed by atoms with Crippen LogP contribution in [0.4, 0.5) is 0 Å². The van der Waals surface area contributed by atoms with E-state index in [1.54, 1.807) is 7.11 Å². The second kappa shape index (κ2) is 7.14. The van der Waals surface area contributed by atoms with Crippen LogP contribution in [0.2, 0.25) is 0 Å². The minimum atomic E-state index is 0.731. The van der Waals surface area contributed by atoms with Crippen LogP contribution in [0.15, 0.2) is 40.9 Å². The highest BCUT2D eigenvalue weighted by atomic mass is 79.9. The van der Waals surface area contributed by atoms with Gasteiger partial charge >= 0.3 is 0 Å². The Hall–Kier alpha value is -1.000. The van der Waals surface area contributed by atoms with E-state index in [1.807, 2.05) is 30.3 Å². The maximum Gasteiger partial charge on any atom is 0.169 e. The van der Waals surface area contributed by atoms with Crippen LogP contribution in [0.5, 0.6) is 17.2 Å². The molecule has 20 heavy (non-hydrogen) atoms. The zero-order chi connectivity index (χ0) is 14.5. The van der Waals surface area contributed by atoms with Crippen LogP contribution in [-0.2, 0) is 11.8 Å². The lowest BCUT2D eigenvalue weighted by Gasteiger charge is -2.14. The first-order valence-corrected chi connectivity index (χ1v) is 8.28. The summed E-state index contributed by atoms with van der Waals surface area (Å²) < 4.78 is 12.4. The average molecular weight is 400 g/mol. The lowest BCUT2D eigenvalue weighted by molar-refractivity contribution is 0.377. The molecule has 0 saturated heterocycles. The van der Waals surface area contributed by atoms with Gasteiger partial charge in [0.25, 0.3) is 0 Å².